The number of amides is 1. The van der Waals surface area contributed by atoms with Gasteiger partial charge in [-0.05, 0) is 86.0 Å². The fourth-order valence-corrected chi connectivity index (χ4v) is 5.62. The Bertz CT molecular complexity index is 878. The van der Waals surface area contributed by atoms with Gasteiger partial charge in [0.2, 0.25) is 0 Å². The summed E-state index contributed by atoms with van der Waals surface area (Å²) < 4.78 is 0. The summed E-state index contributed by atoms with van der Waals surface area (Å²) in [4.78, 5) is 31.2. The molecule has 2 aromatic rings. The van der Waals surface area contributed by atoms with E-state index in [0.29, 0.717) is 24.2 Å². The number of hydrogen-bond donors (Lipinski definition) is 2. The Kier molecular flexibility index (Phi) is 5.19. The first-order valence-electron chi connectivity index (χ1n) is 10.2. The van der Waals surface area contributed by atoms with E-state index in [2.05, 4.69) is 32.0 Å². The normalized spacial score (nSPS) is 20.3. The molecule has 4 rings (SSSR count). The summed E-state index contributed by atoms with van der Waals surface area (Å²) in [5.74, 6) is 0.0642. The minimum atomic E-state index is 0.0234. The number of aryl methyl sites for hydroxylation is 1. The van der Waals surface area contributed by atoms with Crippen LogP contribution < -0.4 is 5.32 Å². The van der Waals surface area contributed by atoms with Crippen molar-refractivity contribution in [1.82, 2.24) is 15.2 Å². The number of Topliss-reactive ketones (excluding diaryl/α,β-unsaturated/α-hetero) is 1. The Morgan fingerprint density at radius 3 is 2.68 bits per heavy atom. The largest absolute Gasteiger partial charge is 0.354 e. The molecule has 1 saturated carbocycles. The average Bonchev–Trinajstić information content (AvgIpc) is 3.03. The van der Waals surface area contributed by atoms with Crippen LogP contribution in [0.15, 0.2) is 16.8 Å². The molecule has 2 aromatic heterocycles. The predicted molar refractivity (Wildman–Crippen MR) is 112 cm³/mol. The van der Waals surface area contributed by atoms with Crippen LogP contribution in [0.1, 0.15) is 70.8 Å². The molecule has 28 heavy (non-hydrogen) atoms. The lowest BCUT2D eigenvalue weighted by molar-refractivity contribution is 0.0686. The second-order valence-electron chi connectivity index (χ2n) is 8.29. The van der Waals surface area contributed by atoms with Crippen molar-refractivity contribution in [2.75, 3.05) is 13.1 Å². The van der Waals surface area contributed by atoms with Crippen LogP contribution in [0.2, 0.25) is 0 Å². The Hall–Kier alpha value is -1.92. The van der Waals surface area contributed by atoms with Gasteiger partial charge in [0.15, 0.2) is 5.78 Å². The van der Waals surface area contributed by atoms with Gasteiger partial charge in [-0.2, -0.15) is 11.3 Å². The first-order chi connectivity index (χ1) is 13.5. The maximum atomic E-state index is 13.7. The molecular weight excluding hydrogens is 370 g/mol. The van der Waals surface area contributed by atoms with Crippen LogP contribution in [0.4, 0.5) is 0 Å². The number of thiophene rings is 1. The van der Waals surface area contributed by atoms with Crippen LogP contribution in [-0.4, -0.2) is 40.7 Å². The average molecular weight is 400 g/mol. The van der Waals surface area contributed by atoms with E-state index in [1.54, 1.807) is 18.3 Å². The Morgan fingerprint density at radius 2 is 2.07 bits per heavy atom. The van der Waals surface area contributed by atoms with Crippen molar-refractivity contribution in [3.05, 3.63) is 44.9 Å². The third kappa shape index (κ3) is 3.33. The van der Waals surface area contributed by atoms with Crippen LogP contribution in [0.5, 0.6) is 0 Å². The summed E-state index contributed by atoms with van der Waals surface area (Å²) in [6.07, 6.45) is 4.03. The molecule has 2 fully saturated rings. The molecule has 6 heteroatoms. The van der Waals surface area contributed by atoms with Crippen LogP contribution in [0.25, 0.3) is 0 Å². The highest BCUT2D eigenvalue weighted by molar-refractivity contribution is 7.07. The zero-order valence-electron chi connectivity index (χ0n) is 16.9. The molecule has 0 bridgehead atoms. The maximum Gasteiger partial charge on any atom is 0.271 e. The number of nitrogens with zero attached hydrogens (tertiary/aromatic N) is 1. The number of H-pyrrole nitrogens is 1. The first-order valence-corrected chi connectivity index (χ1v) is 11.2. The Balaban J connectivity index is 1.68. The highest BCUT2D eigenvalue weighted by Gasteiger charge is 2.58. The second kappa shape index (κ2) is 7.48. The van der Waals surface area contributed by atoms with Crippen molar-refractivity contribution in [2.24, 2.45) is 5.41 Å². The summed E-state index contributed by atoms with van der Waals surface area (Å²) in [5, 5.41) is 7.63. The minimum Gasteiger partial charge on any atom is -0.354 e. The molecule has 1 unspecified atom stereocenters. The lowest BCUT2D eigenvalue weighted by Crippen LogP contribution is -2.39. The molecule has 1 aliphatic heterocycles. The van der Waals surface area contributed by atoms with Crippen LogP contribution in [0.3, 0.4) is 0 Å². The van der Waals surface area contributed by atoms with E-state index in [4.69, 9.17) is 0 Å². The van der Waals surface area contributed by atoms with Gasteiger partial charge >= 0.3 is 0 Å². The third-order valence-electron chi connectivity index (χ3n) is 6.53. The number of hydrogen-bond acceptors (Lipinski definition) is 4. The molecule has 150 valence electrons. The molecule has 0 aromatic carbocycles. The van der Waals surface area contributed by atoms with Gasteiger partial charge in [-0.1, -0.05) is 6.92 Å². The number of rotatable bonds is 6. The number of nitrogens with one attached hydrogen (secondary N) is 2. The van der Waals surface area contributed by atoms with E-state index in [-0.39, 0.29) is 23.1 Å². The lowest BCUT2D eigenvalue weighted by atomic mass is 9.93. The van der Waals surface area contributed by atoms with E-state index >= 15 is 0 Å². The lowest BCUT2D eigenvalue weighted by Gasteiger charge is -2.29. The van der Waals surface area contributed by atoms with Crippen molar-refractivity contribution < 1.29 is 9.59 Å². The molecule has 2 aliphatic rings. The smallest absolute Gasteiger partial charge is 0.271 e. The summed E-state index contributed by atoms with van der Waals surface area (Å²) in [6.45, 7) is 8.19. The SMILES string of the molecule is CCc1c(C(=O)N(Cc2ccsc2)C2CC23CCNCC3)[nH]c(C)c1C(C)=O. The molecule has 3 heterocycles. The number of aromatic amines is 1. The number of carbonyl (C=O) groups is 2. The van der Waals surface area contributed by atoms with E-state index in [1.165, 1.54) is 5.56 Å². The molecule has 0 radical (unpaired) electrons. The monoisotopic (exact) mass is 399 g/mol. The molecular formula is C22H29N3O2S. The zero-order valence-corrected chi connectivity index (χ0v) is 17.7. The molecule has 2 N–H and O–H groups in total. The van der Waals surface area contributed by atoms with E-state index in [1.807, 2.05) is 13.8 Å². The zero-order chi connectivity index (χ0) is 19.9. The van der Waals surface area contributed by atoms with E-state index in [9.17, 15) is 9.59 Å². The van der Waals surface area contributed by atoms with Gasteiger partial charge < -0.3 is 15.2 Å². The molecule has 1 saturated heterocycles. The summed E-state index contributed by atoms with van der Waals surface area (Å²) in [6, 6.07) is 2.39. The standard InChI is InChI=1S/C22H29N3O2S/c1-4-17-19(15(3)26)14(2)24-20(17)21(27)25(12-16-5-10-28-13-16)18-11-22(18)6-8-23-9-7-22/h5,10,13,18,23-24H,4,6-9,11-12H2,1-3H3. The van der Waals surface area contributed by atoms with Crippen LogP contribution in [0, 0.1) is 12.3 Å². The van der Waals surface area contributed by atoms with Gasteiger partial charge in [-0.3, -0.25) is 9.59 Å². The van der Waals surface area contributed by atoms with Gasteiger partial charge in [0, 0.05) is 23.8 Å². The van der Waals surface area contributed by atoms with E-state index < -0.39 is 0 Å². The van der Waals surface area contributed by atoms with Crippen molar-refractivity contribution >= 4 is 23.0 Å². The fourth-order valence-electron chi connectivity index (χ4n) is 4.96. The molecule has 1 atom stereocenters. The van der Waals surface area contributed by atoms with E-state index in [0.717, 1.165) is 43.6 Å². The van der Waals surface area contributed by atoms with Crippen molar-refractivity contribution in [2.45, 2.75) is 59.0 Å². The predicted octanol–water partition coefficient (Wildman–Crippen LogP) is 3.93. The highest BCUT2D eigenvalue weighted by atomic mass is 32.1. The minimum absolute atomic E-state index is 0.0234. The van der Waals surface area contributed by atoms with Gasteiger partial charge in [0.05, 0.1) is 0 Å². The summed E-state index contributed by atoms with van der Waals surface area (Å²) >= 11 is 1.67. The third-order valence-corrected chi connectivity index (χ3v) is 7.26. The highest BCUT2D eigenvalue weighted by Crippen LogP contribution is 2.56. The van der Waals surface area contributed by atoms with Crippen LogP contribution >= 0.6 is 11.3 Å². The molecule has 1 amide bonds. The molecule has 1 aliphatic carbocycles. The molecule has 5 nitrogen and oxygen atoms in total. The Morgan fingerprint density at radius 1 is 1.32 bits per heavy atom. The van der Waals surface area contributed by atoms with Gasteiger partial charge in [-0.25, -0.2) is 0 Å². The Labute approximate surface area is 170 Å². The second-order valence-corrected chi connectivity index (χ2v) is 9.07. The van der Waals surface area contributed by atoms with Gasteiger partial charge in [0.25, 0.3) is 5.91 Å². The van der Waals surface area contributed by atoms with Crippen molar-refractivity contribution in [3.8, 4) is 0 Å². The maximum absolute atomic E-state index is 13.7. The number of piperidine rings is 1. The number of aromatic nitrogens is 1. The van der Waals surface area contributed by atoms with Gasteiger partial charge in [0.1, 0.15) is 5.69 Å². The van der Waals surface area contributed by atoms with Crippen molar-refractivity contribution in [1.29, 1.82) is 0 Å². The number of ketones is 1. The quantitative estimate of drug-likeness (QED) is 0.723. The number of carbonyl (C=O) groups excluding carboxylic acids is 2. The first kappa shape index (κ1) is 19.4. The van der Waals surface area contributed by atoms with Gasteiger partial charge in [-0.15, -0.1) is 0 Å². The topological polar surface area (TPSA) is 65.2 Å². The summed E-state index contributed by atoms with van der Waals surface area (Å²) in [7, 11) is 0. The van der Waals surface area contributed by atoms with Crippen LogP contribution in [-0.2, 0) is 13.0 Å². The summed E-state index contributed by atoms with van der Waals surface area (Å²) in [5.41, 5.74) is 4.42. The molecule has 1 spiro atoms. The fraction of sp³-hybridized carbons (Fsp3) is 0.545. The van der Waals surface area contributed by atoms with Crippen molar-refractivity contribution in [3.63, 3.8) is 0 Å².